The molecule has 2 rings (SSSR count). The quantitative estimate of drug-likeness (QED) is 0.458. The first kappa shape index (κ1) is 11.4. The summed E-state index contributed by atoms with van der Waals surface area (Å²) in [4.78, 5) is 14.1. The first-order valence-electron chi connectivity index (χ1n) is 5.19. The number of carbonyl (C=O) groups excluding carboxylic acids is 1. The van der Waals surface area contributed by atoms with Gasteiger partial charge in [-0.25, -0.2) is 4.39 Å². The Hall–Kier alpha value is -2.07. The van der Waals surface area contributed by atoms with Crippen LogP contribution in [0.5, 0.6) is 5.75 Å². The van der Waals surface area contributed by atoms with Crippen molar-refractivity contribution in [2.75, 3.05) is 6.54 Å². The molecule has 0 radical (unpaired) electrons. The van der Waals surface area contributed by atoms with E-state index < -0.39 is 6.10 Å². The molecule has 1 aromatic rings. The summed E-state index contributed by atoms with van der Waals surface area (Å²) in [6.45, 7) is -0.211. The molecule has 1 aliphatic heterocycles. The molecule has 0 amide bonds. The van der Waals surface area contributed by atoms with Gasteiger partial charge in [-0.2, -0.15) is 0 Å². The first-order valence-corrected chi connectivity index (χ1v) is 5.19. The summed E-state index contributed by atoms with van der Waals surface area (Å²) >= 11 is 0. The number of halogens is 1. The van der Waals surface area contributed by atoms with E-state index in [0.717, 1.165) is 5.56 Å². The van der Waals surface area contributed by atoms with Gasteiger partial charge in [0, 0.05) is 4.91 Å². The lowest BCUT2D eigenvalue weighted by molar-refractivity contribution is -0.125. The highest BCUT2D eigenvalue weighted by Crippen LogP contribution is 2.28. The number of hydrogen-bond donors (Lipinski definition) is 0. The number of aryl methyl sites for hydroxylation is 1. The molecule has 1 aromatic carbocycles. The minimum Gasteiger partial charge on any atom is -0.482 e. The van der Waals surface area contributed by atoms with Gasteiger partial charge in [0.25, 0.3) is 0 Å². The fourth-order valence-corrected chi connectivity index (χ4v) is 1.79. The van der Waals surface area contributed by atoms with Crippen LogP contribution in [0.3, 0.4) is 0 Å². The normalized spacial score (nSPS) is 17.6. The molecule has 0 saturated heterocycles. The molecule has 0 N–H and O–H groups in total. The molecule has 0 fully saturated rings. The van der Waals surface area contributed by atoms with Crippen LogP contribution >= 0.6 is 0 Å². The van der Waals surface area contributed by atoms with Gasteiger partial charge in [-0.3, -0.25) is 4.79 Å². The summed E-state index contributed by atoms with van der Waals surface area (Å²) < 4.78 is 18.4. The lowest BCUT2D eigenvalue weighted by atomic mass is 10.00. The molecule has 0 bridgehead atoms. The van der Waals surface area contributed by atoms with Gasteiger partial charge in [-0.05, 0) is 42.1 Å². The molecule has 5 nitrogen and oxygen atoms in total. The summed E-state index contributed by atoms with van der Waals surface area (Å²) in [7, 11) is 0. The highest BCUT2D eigenvalue weighted by Gasteiger charge is 2.25. The van der Waals surface area contributed by atoms with E-state index in [-0.39, 0.29) is 18.1 Å². The smallest absolute Gasteiger partial charge is 0.179 e. The van der Waals surface area contributed by atoms with Crippen LogP contribution in [-0.4, -0.2) is 18.4 Å². The van der Waals surface area contributed by atoms with Gasteiger partial charge < -0.3 is 4.74 Å². The maximum Gasteiger partial charge on any atom is 0.179 e. The monoisotopic (exact) mass is 235 g/mol. The fourth-order valence-electron chi connectivity index (χ4n) is 1.79. The minimum absolute atomic E-state index is 0.211. The van der Waals surface area contributed by atoms with Crippen LogP contribution in [0.15, 0.2) is 23.3 Å². The maximum absolute atomic E-state index is 12.9. The van der Waals surface area contributed by atoms with Gasteiger partial charge in [0.05, 0.1) is 6.54 Å². The van der Waals surface area contributed by atoms with Gasteiger partial charge in [0.15, 0.2) is 11.9 Å². The standard InChI is InChI=1S/C11H10FN3O2/c12-8-2-4-10-7(5-8)1-3-11(17-10)9(16)6-14-15-13/h2,4-5,11H,1,3,6H2. The number of ketones is 1. The molecule has 0 spiro atoms. The Morgan fingerprint density at radius 3 is 3.24 bits per heavy atom. The second kappa shape index (κ2) is 4.84. The number of hydrogen-bond acceptors (Lipinski definition) is 3. The van der Waals surface area contributed by atoms with E-state index in [1.54, 1.807) is 0 Å². The maximum atomic E-state index is 12.9. The van der Waals surface area contributed by atoms with E-state index in [0.29, 0.717) is 18.6 Å². The lowest BCUT2D eigenvalue weighted by Gasteiger charge is -2.24. The van der Waals surface area contributed by atoms with Crippen LogP contribution in [0, 0.1) is 5.82 Å². The topological polar surface area (TPSA) is 75.1 Å². The third-order valence-corrected chi connectivity index (χ3v) is 2.62. The number of nitrogens with zero attached hydrogens (tertiary/aromatic N) is 3. The third-order valence-electron chi connectivity index (χ3n) is 2.62. The molecular formula is C11H10FN3O2. The Kier molecular flexibility index (Phi) is 3.25. The molecular weight excluding hydrogens is 225 g/mol. The Bertz CT molecular complexity index is 497. The molecule has 17 heavy (non-hydrogen) atoms. The number of carbonyl (C=O) groups is 1. The van der Waals surface area contributed by atoms with Gasteiger partial charge in [-0.1, -0.05) is 5.11 Å². The van der Waals surface area contributed by atoms with Crippen LogP contribution < -0.4 is 4.74 Å². The Morgan fingerprint density at radius 2 is 2.47 bits per heavy atom. The van der Waals surface area contributed by atoms with Gasteiger partial charge >= 0.3 is 0 Å². The third kappa shape index (κ3) is 2.54. The van der Waals surface area contributed by atoms with Crippen molar-refractivity contribution in [1.82, 2.24) is 0 Å². The highest BCUT2D eigenvalue weighted by atomic mass is 19.1. The van der Waals surface area contributed by atoms with Crippen molar-refractivity contribution in [2.45, 2.75) is 18.9 Å². The molecule has 6 heteroatoms. The predicted octanol–water partition coefficient (Wildman–Crippen LogP) is 2.40. The molecule has 1 aliphatic rings. The van der Waals surface area contributed by atoms with Gasteiger partial charge in [-0.15, -0.1) is 0 Å². The summed E-state index contributed by atoms with van der Waals surface area (Å²) in [5.74, 6) is -0.0408. The van der Waals surface area contributed by atoms with Crippen molar-refractivity contribution < 1.29 is 13.9 Å². The first-order chi connectivity index (χ1) is 8.20. The van der Waals surface area contributed by atoms with Crippen molar-refractivity contribution in [3.63, 3.8) is 0 Å². The molecule has 1 heterocycles. The lowest BCUT2D eigenvalue weighted by Crippen LogP contribution is -2.32. The summed E-state index contributed by atoms with van der Waals surface area (Å²) in [6, 6.07) is 4.21. The molecule has 1 unspecified atom stereocenters. The number of fused-ring (bicyclic) bond motifs is 1. The van der Waals surface area contributed by atoms with Crippen molar-refractivity contribution in [2.24, 2.45) is 5.11 Å². The van der Waals surface area contributed by atoms with Crippen molar-refractivity contribution >= 4 is 5.78 Å². The van der Waals surface area contributed by atoms with E-state index in [1.165, 1.54) is 18.2 Å². The van der Waals surface area contributed by atoms with Crippen LogP contribution in [0.4, 0.5) is 4.39 Å². The SMILES string of the molecule is [N-]=[N+]=NCC(=O)C1CCc2cc(F)ccc2O1. The second-order valence-corrected chi connectivity index (χ2v) is 3.75. The van der Waals surface area contributed by atoms with E-state index in [2.05, 4.69) is 10.0 Å². The summed E-state index contributed by atoms with van der Waals surface area (Å²) in [6.07, 6.45) is 0.467. The Morgan fingerprint density at radius 1 is 1.65 bits per heavy atom. The van der Waals surface area contributed by atoms with E-state index >= 15 is 0 Å². The zero-order valence-corrected chi connectivity index (χ0v) is 8.97. The summed E-state index contributed by atoms with van der Waals surface area (Å²) in [5, 5.41) is 3.21. The molecule has 0 aliphatic carbocycles. The second-order valence-electron chi connectivity index (χ2n) is 3.75. The zero-order valence-electron chi connectivity index (χ0n) is 8.97. The number of rotatable bonds is 3. The average molecular weight is 235 g/mol. The molecule has 88 valence electrons. The molecule has 0 saturated carbocycles. The fraction of sp³-hybridized carbons (Fsp3) is 0.364. The van der Waals surface area contributed by atoms with Gasteiger partial charge in [0.2, 0.25) is 0 Å². The number of azide groups is 1. The number of ether oxygens (including phenoxy) is 1. The van der Waals surface area contributed by atoms with Crippen LogP contribution in [0.2, 0.25) is 0 Å². The van der Waals surface area contributed by atoms with Crippen LogP contribution in [-0.2, 0) is 11.2 Å². The van der Waals surface area contributed by atoms with Crippen molar-refractivity contribution in [1.29, 1.82) is 0 Å². The predicted molar refractivity (Wildman–Crippen MR) is 58.2 cm³/mol. The van der Waals surface area contributed by atoms with E-state index in [1.807, 2.05) is 0 Å². The van der Waals surface area contributed by atoms with Crippen molar-refractivity contribution in [3.8, 4) is 5.75 Å². The van der Waals surface area contributed by atoms with E-state index in [9.17, 15) is 9.18 Å². The Labute approximate surface area is 96.8 Å². The molecule has 0 aromatic heterocycles. The van der Waals surface area contributed by atoms with E-state index in [4.69, 9.17) is 10.3 Å². The van der Waals surface area contributed by atoms with Gasteiger partial charge in [0.1, 0.15) is 11.6 Å². The highest BCUT2D eigenvalue weighted by molar-refractivity contribution is 5.85. The van der Waals surface area contributed by atoms with Crippen LogP contribution in [0.25, 0.3) is 10.4 Å². The molecule has 1 atom stereocenters. The summed E-state index contributed by atoms with van der Waals surface area (Å²) in [5.41, 5.74) is 8.89. The number of benzene rings is 1. The number of Topliss-reactive ketones (excluding diaryl/α,β-unsaturated/α-hetero) is 1. The van der Waals surface area contributed by atoms with Crippen LogP contribution in [0.1, 0.15) is 12.0 Å². The average Bonchev–Trinajstić information content (AvgIpc) is 2.35. The Balaban J connectivity index is 2.10. The largest absolute Gasteiger partial charge is 0.482 e. The minimum atomic E-state index is -0.599. The van der Waals surface area contributed by atoms with Crippen molar-refractivity contribution in [3.05, 3.63) is 40.0 Å². The zero-order chi connectivity index (χ0) is 12.3.